The van der Waals surface area contributed by atoms with Crippen LogP contribution in [-0.2, 0) is 9.53 Å². The molecular weight excluding hydrogens is 104 g/mol. The van der Waals surface area contributed by atoms with Gasteiger partial charge in [-0.2, -0.15) is 0 Å². The second kappa shape index (κ2) is 4.62. The molecule has 2 nitrogen and oxygen atoms in total. The molecule has 0 unspecified atom stereocenters. The lowest BCUT2D eigenvalue weighted by molar-refractivity contribution is -0.133. The summed E-state index contributed by atoms with van der Waals surface area (Å²) in [6, 6.07) is 0. The Hall–Kier alpha value is -0.530. The summed E-state index contributed by atoms with van der Waals surface area (Å²) in [7, 11) is 0. The molecule has 8 heavy (non-hydrogen) atoms. The SMILES string of the molecule is [CH2]CC(C[CH2])OC=O. The van der Waals surface area contributed by atoms with Crippen LogP contribution in [0.1, 0.15) is 12.8 Å². The minimum Gasteiger partial charge on any atom is -0.465 e. The van der Waals surface area contributed by atoms with Gasteiger partial charge in [-0.3, -0.25) is 4.79 Å². The minimum atomic E-state index is -0.0903. The van der Waals surface area contributed by atoms with Crippen molar-refractivity contribution in [1.82, 2.24) is 0 Å². The van der Waals surface area contributed by atoms with Crippen molar-refractivity contribution in [2.24, 2.45) is 0 Å². The first-order valence-electron chi connectivity index (χ1n) is 2.52. The predicted molar refractivity (Wildman–Crippen MR) is 30.9 cm³/mol. The van der Waals surface area contributed by atoms with E-state index < -0.39 is 0 Å². The first-order valence-corrected chi connectivity index (χ1v) is 2.52. The van der Waals surface area contributed by atoms with Crippen molar-refractivity contribution in [3.8, 4) is 0 Å². The zero-order chi connectivity index (χ0) is 6.41. The maximum atomic E-state index is 9.66. The second-order valence-electron chi connectivity index (χ2n) is 1.43. The van der Waals surface area contributed by atoms with Crippen LogP contribution in [0, 0.1) is 13.8 Å². The van der Waals surface area contributed by atoms with Crippen molar-refractivity contribution in [2.45, 2.75) is 18.9 Å². The molecule has 0 rings (SSSR count). The summed E-state index contributed by atoms with van der Waals surface area (Å²) in [5, 5.41) is 0. The van der Waals surface area contributed by atoms with Gasteiger partial charge in [-0.25, -0.2) is 0 Å². The zero-order valence-electron chi connectivity index (χ0n) is 4.80. The first-order chi connectivity index (χ1) is 3.85. The molecule has 0 aliphatic carbocycles. The molecule has 0 bridgehead atoms. The number of hydrogen-bond acceptors (Lipinski definition) is 2. The second-order valence-corrected chi connectivity index (χ2v) is 1.43. The molecule has 0 aliphatic rings. The molecule has 2 radical (unpaired) electrons. The van der Waals surface area contributed by atoms with Crippen LogP contribution < -0.4 is 0 Å². The Labute approximate surface area is 49.8 Å². The Bertz CT molecular complexity index is 57.5. The fraction of sp³-hybridized carbons (Fsp3) is 0.500. The first kappa shape index (κ1) is 7.47. The number of carbonyl (C=O) groups is 1. The number of ether oxygens (including phenoxy) is 1. The Morgan fingerprint density at radius 2 is 2.00 bits per heavy atom. The van der Waals surface area contributed by atoms with Gasteiger partial charge in [0.05, 0.1) is 0 Å². The third-order valence-electron chi connectivity index (χ3n) is 0.892. The van der Waals surface area contributed by atoms with Crippen LogP contribution in [0.5, 0.6) is 0 Å². The van der Waals surface area contributed by atoms with E-state index in [1.807, 2.05) is 0 Å². The molecule has 0 fully saturated rings. The highest BCUT2D eigenvalue weighted by molar-refractivity contribution is 5.37. The lowest BCUT2D eigenvalue weighted by Gasteiger charge is -2.07. The summed E-state index contributed by atoms with van der Waals surface area (Å²) < 4.78 is 4.53. The van der Waals surface area contributed by atoms with Crippen molar-refractivity contribution in [2.75, 3.05) is 0 Å². The van der Waals surface area contributed by atoms with Crippen LogP contribution in [0.4, 0.5) is 0 Å². The fourth-order valence-electron chi connectivity index (χ4n) is 0.359. The van der Waals surface area contributed by atoms with Crippen LogP contribution in [0.2, 0.25) is 0 Å². The van der Waals surface area contributed by atoms with E-state index in [1.54, 1.807) is 0 Å². The van der Waals surface area contributed by atoms with Crippen LogP contribution in [0.15, 0.2) is 0 Å². The number of hydrogen-bond donors (Lipinski definition) is 0. The molecule has 0 aromatic rings. The van der Waals surface area contributed by atoms with Crippen molar-refractivity contribution < 1.29 is 9.53 Å². The van der Waals surface area contributed by atoms with Gasteiger partial charge >= 0.3 is 0 Å². The molecule has 0 aliphatic heterocycles. The standard InChI is InChI=1S/C6H10O2/c1-3-6(4-2)8-5-7/h5-6H,1-4H2. The van der Waals surface area contributed by atoms with Gasteiger partial charge < -0.3 is 4.74 Å². The summed E-state index contributed by atoms with van der Waals surface area (Å²) >= 11 is 0. The smallest absolute Gasteiger partial charge is 0.293 e. The highest BCUT2D eigenvalue weighted by Crippen LogP contribution is 1.98. The molecule has 0 atom stereocenters. The lowest BCUT2D eigenvalue weighted by Crippen LogP contribution is -2.08. The number of rotatable bonds is 4. The Balaban J connectivity index is 3.20. The highest BCUT2D eigenvalue weighted by atomic mass is 16.5. The monoisotopic (exact) mass is 114 g/mol. The summed E-state index contributed by atoms with van der Waals surface area (Å²) in [4.78, 5) is 9.66. The zero-order valence-corrected chi connectivity index (χ0v) is 4.80. The van der Waals surface area contributed by atoms with E-state index in [9.17, 15) is 4.79 Å². The molecule has 0 saturated heterocycles. The maximum absolute atomic E-state index is 9.66. The fourth-order valence-corrected chi connectivity index (χ4v) is 0.359. The van der Waals surface area contributed by atoms with Crippen molar-refractivity contribution in [1.29, 1.82) is 0 Å². The van der Waals surface area contributed by atoms with Gasteiger partial charge in [0.1, 0.15) is 6.10 Å². The van der Waals surface area contributed by atoms with Gasteiger partial charge in [0.2, 0.25) is 0 Å². The molecule has 0 spiro atoms. The molecular formula is C6H10O2. The summed E-state index contributed by atoms with van der Waals surface area (Å²) in [5.74, 6) is 0. The highest BCUT2D eigenvalue weighted by Gasteiger charge is 1.99. The molecule has 0 aromatic carbocycles. The molecule has 0 heterocycles. The maximum Gasteiger partial charge on any atom is 0.293 e. The van der Waals surface area contributed by atoms with Gasteiger partial charge in [0.25, 0.3) is 6.47 Å². The van der Waals surface area contributed by atoms with Gasteiger partial charge in [-0.1, -0.05) is 0 Å². The van der Waals surface area contributed by atoms with E-state index in [4.69, 9.17) is 0 Å². The van der Waals surface area contributed by atoms with E-state index >= 15 is 0 Å². The van der Waals surface area contributed by atoms with Gasteiger partial charge in [0, 0.05) is 0 Å². The van der Waals surface area contributed by atoms with Gasteiger partial charge in [-0.15, -0.1) is 0 Å². The average Bonchev–Trinajstić information content (AvgIpc) is 1.83. The molecule has 0 aromatic heterocycles. The Morgan fingerprint density at radius 1 is 1.50 bits per heavy atom. The van der Waals surface area contributed by atoms with E-state index in [-0.39, 0.29) is 6.10 Å². The Kier molecular flexibility index (Phi) is 4.32. The van der Waals surface area contributed by atoms with Crippen LogP contribution in [-0.4, -0.2) is 12.6 Å². The molecule has 46 valence electrons. The lowest BCUT2D eigenvalue weighted by atomic mass is 10.2. The van der Waals surface area contributed by atoms with Crippen LogP contribution >= 0.6 is 0 Å². The predicted octanol–water partition coefficient (Wildman–Crippen LogP) is 0.976. The summed E-state index contributed by atoms with van der Waals surface area (Å²) in [6.45, 7) is 7.53. The van der Waals surface area contributed by atoms with Gasteiger partial charge in [0.15, 0.2) is 0 Å². The Morgan fingerprint density at radius 3 is 2.12 bits per heavy atom. The van der Waals surface area contributed by atoms with Crippen molar-refractivity contribution in [3.63, 3.8) is 0 Å². The van der Waals surface area contributed by atoms with Crippen molar-refractivity contribution in [3.05, 3.63) is 13.8 Å². The largest absolute Gasteiger partial charge is 0.465 e. The molecule has 0 amide bonds. The van der Waals surface area contributed by atoms with Crippen molar-refractivity contribution >= 4 is 6.47 Å². The normalized spacial score (nSPS) is 9.38. The third kappa shape index (κ3) is 2.61. The van der Waals surface area contributed by atoms with Crippen LogP contribution in [0.25, 0.3) is 0 Å². The summed E-state index contributed by atoms with van der Waals surface area (Å²) in [6.07, 6.45) is 1.11. The molecule has 0 N–H and O–H groups in total. The minimum absolute atomic E-state index is 0.0903. The van der Waals surface area contributed by atoms with E-state index in [0.717, 1.165) is 0 Å². The molecule has 0 saturated carbocycles. The molecule has 2 heteroatoms. The topological polar surface area (TPSA) is 26.3 Å². The van der Waals surface area contributed by atoms with Gasteiger partial charge in [-0.05, 0) is 26.7 Å². The third-order valence-corrected chi connectivity index (χ3v) is 0.892. The number of carbonyl (C=O) groups excluding carboxylic acids is 1. The average molecular weight is 114 g/mol. The summed E-state index contributed by atoms with van der Waals surface area (Å²) in [5.41, 5.74) is 0. The van der Waals surface area contributed by atoms with E-state index in [1.165, 1.54) is 0 Å². The van der Waals surface area contributed by atoms with Crippen LogP contribution in [0.3, 0.4) is 0 Å². The van der Waals surface area contributed by atoms with E-state index in [0.29, 0.717) is 19.3 Å². The van der Waals surface area contributed by atoms with E-state index in [2.05, 4.69) is 18.6 Å². The quantitative estimate of drug-likeness (QED) is 0.509.